The van der Waals surface area contributed by atoms with Crippen molar-refractivity contribution in [1.29, 1.82) is 0 Å². The number of hydrogen-bond acceptors (Lipinski definition) is 3. The lowest BCUT2D eigenvalue weighted by atomic mass is 9.78. The van der Waals surface area contributed by atoms with Crippen LogP contribution in [-0.4, -0.2) is 37.3 Å². The smallest absolute Gasteiger partial charge is 0.251 e. The molecular weight excluding hydrogens is 336 g/mol. The van der Waals surface area contributed by atoms with Gasteiger partial charge in [0.2, 0.25) is 10.0 Å². The van der Waals surface area contributed by atoms with Crippen molar-refractivity contribution in [3.63, 3.8) is 0 Å². The minimum absolute atomic E-state index is 0.123. The number of hydrogen-bond donors (Lipinski definition) is 1. The van der Waals surface area contributed by atoms with Crippen molar-refractivity contribution in [2.45, 2.75) is 62.8 Å². The molecular formula is C19H28N2O3S. The van der Waals surface area contributed by atoms with E-state index in [1.807, 2.05) is 0 Å². The molecule has 0 spiro atoms. The van der Waals surface area contributed by atoms with E-state index < -0.39 is 10.0 Å². The van der Waals surface area contributed by atoms with E-state index in [0.717, 1.165) is 44.4 Å². The van der Waals surface area contributed by atoms with Crippen molar-refractivity contribution in [2.24, 2.45) is 5.92 Å². The lowest BCUT2D eigenvalue weighted by Crippen LogP contribution is -2.48. The quantitative estimate of drug-likeness (QED) is 0.892. The van der Waals surface area contributed by atoms with Crippen LogP contribution < -0.4 is 5.32 Å². The maximum atomic E-state index is 12.5. The topological polar surface area (TPSA) is 66.5 Å². The van der Waals surface area contributed by atoms with Crippen molar-refractivity contribution < 1.29 is 13.2 Å². The summed E-state index contributed by atoms with van der Waals surface area (Å²) in [5.74, 6) is 0.599. The Balaban J connectivity index is 1.68. The molecule has 1 heterocycles. The number of rotatable bonds is 4. The Bertz CT molecular complexity index is 714. The number of benzene rings is 1. The van der Waals surface area contributed by atoms with Gasteiger partial charge in [-0.15, -0.1) is 0 Å². The molecule has 6 heteroatoms. The molecule has 1 amide bonds. The molecule has 0 unspecified atom stereocenters. The molecule has 0 radical (unpaired) electrons. The van der Waals surface area contributed by atoms with Crippen molar-refractivity contribution in [3.05, 3.63) is 29.8 Å². The molecule has 0 atom stereocenters. The molecule has 1 aliphatic carbocycles. The predicted octanol–water partition coefficient (Wildman–Crippen LogP) is 3.17. The highest BCUT2D eigenvalue weighted by Gasteiger charge is 2.31. The molecule has 25 heavy (non-hydrogen) atoms. The van der Waals surface area contributed by atoms with Crippen LogP contribution >= 0.6 is 0 Å². The van der Waals surface area contributed by atoms with Gasteiger partial charge in [-0.25, -0.2) is 8.42 Å². The highest BCUT2D eigenvalue weighted by atomic mass is 32.2. The summed E-state index contributed by atoms with van der Waals surface area (Å²) in [7, 11) is -3.42. The summed E-state index contributed by atoms with van der Waals surface area (Å²) in [6.45, 7) is 5.52. The van der Waals surface area contributed by atoms with Gasteiger partial charge in [0.25, 0.3) is 5.91 Å². The van der Waals surface area contributed by atoms with E-state index in [9.17, 15) is 13.2 Å². The van der Waals surface area contributed by atoms with Gasteiger partial charge in [0.1, 0.15) is 0 Å². The molecule has 1 saturated carbocycles. The molecule has 2 aliphatic rings. The minimum Gasteiger partial charge on any atom is -0.347 e. The molecule has 1 aliphatic heterocycles. The van der Waals surface area contributed by atoms with Gasteiger partial charge in [-0.2, -0.15) is 4.31 Å². The molecule has 1 aromatic carbocycles. The Hall–Kier alpha value is -1.40. The summed E-state index contributed by atoms with van der Waals surface area (Å²) in [5, 5.41) is 3.15. The molecule has 3 rings (SSSR count). The van der Waals surface area contributed by atoms with Crippen LogP contribution in [0, 0.1) is 5.92 Å². The predicted molar refractivity (Wildman–Crippen MR) is 97.9 cm³/mol. The second kappa shape index (κ2) is 7.08. The van der Waals surface area contributed by atoms with Crippen LogP contribution in [0.3, 0.4) is 0 Å². The second-order valence-electron chi connectivity index (χ2n) is 7.83. The first-order valence-electron chi connectivity index (χ1n) is 9.23. The fourth-order valence-electron chi connectivity index (χ4n) is 3.73. The zero-order chi connectivity index (χ0) is 18.1. The first-order valence-corrected chi connectivity index (χ1v) is 10.7. The highest BCUT2D eigenvalue weighted by Crippen LogP contribution is 2.31. The van der Waals surface area contributed by atoms with Crippen molar-refractivity contribution >= 4 is 15.9 Å². The summed E-state index contributed by atoms with van der Waals surface area (Å²) in [5.41, 5.74) is 0.351. The number of amides is 1. The SMILES string of the molecule is CC1CCC(C)(NC(=O)c2ccc(S(=O)(=O)N3CCCC3)cc2)CC1. The normalized spacial score (nSPS) is 28.0. The lowest BCUT2D eigenvalue weighted by molar-refractivity contribution is 0.0869. The second-order valence-corrected chi connectivity index (χ2v) is 9.77. The van der Waals surface area contributed by atoms with E-state index >= 15 is 0 Å². The number of sulfonamides is 1. The van der Waals surface area contributed by atoms with Crippen LogP contribution in [-0.2, 0) is 10.0 Å². The Kier molecular flexibility index (Phi) is 5.21. The van der Waals surface area contributed by atoms with Crippen molar-refractivity contribution in [3.8, 4) is 0 Å². The number of carbonyl (C=O) groups is 1. The number of nitrogens with zero attached hydrogens (tertiary/aromatic N) is 1. The van der Waals surface area contributed by atoms with Crippen LogP contribution in [0.1, 0.15) is 62.7 Å². The molecule has 1 aromatic rings. The van der Waals surface area contributed by atoms with Gasteiger partial charge >= 0.3 is 0 Å². The Morgan fingerprint density at radius 2 is 1.68 bits per heavy atom. The average molecular weight is 365 g/mol. The van der Waals surface area contributed by atoms with Crippen LogP contribution in [0.5, 0.6) is 0 Å². The molecule has 0 bridgehead atoms. The minimum atomic E-state index is -3.42. The van der Waals surface area contributed by atoms with Gasteiger partial charge in [0.05, 0.1) is 4.90 Å². The average Bonchev–Trinajstić information content (AvgIpc) is 3.13. The Labute approximate surface area is 150 Å². The molecule has 1 saturated heterocycles. The Morgan fingerprint density at radius 1 is 1.12 bits per heavy atom. The van der Waals surface area contributed by atoms with Crippen LogP contribution in [0.25, 0.3) is 0 Å². The van der Waals surface area contributed by atoms with Gasteiger partial charge in [-0.05, 0) is 75.6 Å². The molecule has 1 N–H and O–H groups in total. The third kappa shape index (κ3) is 4.06. The summed E-state index contributed by atoms with van der Waals surface area (Å²) < 4.78 is 26.6. The van der Waals surface area contributed by atoms with Gasteiger partial charge in [-0.1, -0.05) is 6.92 Å². The van der Waals surface area contributed by atoms with Crippen LogP contribution in [0.4, 0.5) is 0 Å². The number of nitrogens with one attached hydrogen (secondary N) is 1. The van der Waals surface area contributed by atoms with Gasteiger partial charge in [0, 0.05) is 24.2 Å². The van der Waals surface area contributed by atoms with E-state index in [1.165, 1.54) is 4.31 Å². The number of carbonyl (C=O) groups excluding carboxylic acids is 1. The van der Waals surface area contributed by atoms with E-state index in [2.05, 4.69) is 19.2 Å². The summed E-state index contributed by atoms with van der Waals surface area (Å²) in [6, 6.07) is 6.34. The summed E-state index contributed by atoms with van der Waals surface area (Å²) in [4.78, 5) is 12.8. The van der Waals surface area contributed by atoms with E-state index in [1.54, 1.807) is 24.3 Å². The van der Waals surface area contributed by atoms with Crippen molar-refractivity contribution in [2.75, 3.05) is 13.1 Å². The van der Waals surface area contributed by atoms with Gasteiger partial charge < -0.3 is 5.32 Å². The van der Waals surface area contributed by atoms with Crippen LogP contribution in [0.15, 0.2) is 29.2 Å². The maximum Gasteiger partial charge on any atom is 0.251 e. The fraction of sp³-hybridized carbons (Fsp3) is 0.632. The third-order valence-electron chi connectivity index (χ3n) is 5.61. The largest absolute Gasteiger partial charge is 0.347 e. The molecule has 0 aromatic heterocycles. The van der Waals surface area contributed by atoms with Gasteiger partial charge in [0.15, 0.2) is 0 Å². The molecule has 5 nitrogen and oxygen atoms in total. The lowest BCUT2D eigenvalue weighted by Gasteiger charge is -2.37. The van der Waals surface area contributed by atoms with E-state index in [-0.39, 0.29) is 16.3 Å². The first-order chi connectivity index (χ1) is 11.8. The third-order valence-corrected chi connectivity index (χ3v) is 7.53. The summed E-state index contributed by atoms with van der Waals surface area (Å²) >= 11 is 0. The van der Waals surface area contributed by atoms with Crippen LogP contribution in [0.2, 0.25) is 0 Å². The highest BCUT2D eigenvalue weighted by molar-refractivity contribution is 7.89. The zero-order valence-corrected chi connectivity index (χ0v) is 15.9. The maximum absolute atomic E-state index is 12.5. The zero-order valence-electron chi connectivity index (χ0n) is 15.1. The molecule has 2 fully saturated rings. The van der Waals surface area contributed by atoms with Gasteiger partial charge in [-0.3, -0.25) is 4.79 Å². The fourth-order valence-corrected chi connectivity index (χ4v) is 5.24. The van der Waals surface area contributed by atoms with E-state index in [0.29, 0.717) is 18.7 Å². The Morgan fingerprint density at radius 3 is 2.24 bits per heavy atom. The first kappa shape index (κ1) is 18.4. The monoisotopic (exact) mass is 364 g/mol. The standard InChI is InChI=1S/C19H28N2O3S/c1-15-9-11-19(2,12-10-15)20-18(22)16-5-7-17(8-6-16)25(23,24)21-13-3-4-14-21/h5-8,15H,3-4,9-14H2,1-2H3,(H,20,22). The molecule has 138 valence electrons. The summed E-state index contributed by atoms with van der Waals surface area (Å²) in [6.07, 6.45) is 6.06. The van der Waals surface area contributed by atoms with Crippen molar-refractivity contribution in [1.82, 2.24) is 9.62 Å². The van der Waals surface area contributed by atoms with E-state index in [4.69, 9.17) is 0 Å².